The highest BCUT2D eigenvalue weighted by Gasteiger charge is 2.23. The third-order valence-electron chi connectivity index (χ3n) is 2.96. The molecular formula is C14H17NO3. The number of hydrogen-bond donors (Lipinski definition) is 0. The maximum absolute atomic E-state index is 12.0. The Balaban J connectivity index is 2.31. The van der Waals surface area contributed by atoms with Crippen LogP contribution in [0.4, 0.5) is 5.69 Å². The number of ketones is 1. The summed E-state index contributed by atoms with van der Waals surface area (Å²) in [5, 5.41) is 0. The van der Waals surface area contributed by atoms with Gasteiger partial charge in [-0.1, -0.05) is 13.8 Å². The van der Waals surface area contributed by atoms with E-state index in [2.05, 4.69) is 0 Å². The summed E-state index contributed by atoms with van der Waals surface area (Å²) in [6.07, 6.45) is 0.511. The first-order chi connectivity index (χ1) is 8.49. The molecule has 2 rings (SSSR count). The van der Waals surface area contributed by atoms with Crippen LogP contribution in [0.3, 0.4) is 0 Å². The predicted molar refractivity (Wildman–Crippen MR) is 69.1 cm³/mol. The zero-order chi connectivity index (χ0) is 13.3. The largest absolute Gasteiger partial charge is 0.482 e. The third-order valence-corrected chi connectivity index (χ3v) is 2.96. The van der Waals surface area contributed by atoms with Gasteiger partial charge in [0.2, 0.25) is 0 Å². The summed E-state index contributed by atoms with van der Waals surface area (Å²) in [4.78, 5) is 25.0. The van der Waals surface area contributed by atoms with Gasteiger partial charge in [-0.15, -0.1) is 0 Å². The van der Waals surface area contributed by atoms with Gasteiger partial charge >= 0.3 is 0 Å². The quantitative estimate of drug-likeness (QED) is 0.770. The molecule has 0 radical (unpaired) electrons. The van der Waals surface area contributed by atoms with E-state index in [0.717, 1.165) is 0 Å². The highest BCUT2D eigenvalue weighted by atomic mass is 16.5. The minimum absolute atomic E-state index is 0.0583. The molecular weight excluding hydrogens is 230 g/mol. The number of rotatable bonds is 3. The van der Waals surface area contributed by atoms with Gasteiger partial charge in [-0.3, -0.25) is 9.59 Å². The molecule has 0 unspecified atom stereocenters. The van der Waals surface area contributed by atoms with Crippen molar-refractivity contribution >= 4 is 17.4 Å². The normalized spacial score (nSPS) is 14.4. The van der Waals surface area contributed by atoms with Gasteiger partial charge in [-0.05, 0) is 24.1 Å². The maximum atomic E-state index is 12.0. The van der Waals surface area contributed by atoms with Crippen LogP contribution < -0.4 is 9.64 Å². The molecule has 0 atom stereocenters. The highest BCUT2D eigenvalue weighted by molar-refractivity contribution is 6.01. The van der Waals surface area contributed by atoms with E-state index in [1.165, 1.54) is 4.90 Å². The standard InChI is InChI=1S/C14H17NO3/c1-9(2)6-12(16)10-4-5-13-11(7-10)15(3)14(17)8-18-13/h4-5,7,9H,6,8H2,1-3H3. The Kier molecular flexibility index (Phi) is 3.36. The fraction of sp³-hybridized carbons (Fsp3) is 0.429. The molecule has 0 bridgehead atoms. The molecule has 1 heterocycles. The number of nitrogens with zero attached hydrogens (tertiary/aromatic N) is 1. The summed E-state index contributed by atoms with van der Waals surface area (Å²) in [7, 11) is 1.69. The van der Waals surface area contributed by atoms with E-state index in [1.807, 2.05) is 13.8 Å². The molecule has 1 aromatic carbocycles. The molecule has 18 heavy (non-hydrogen) atoms. The molecule has 0 N–H and O–H groups in total. The molecule has 1 aliphatic rings. The van der Waals surface area contributed by atoms with Crippen molar-refractivity contribution in [1.82, 2.24) is 0 Å². The molecule has 0 aliphatic carbocycles. The van der Waals surface area contributed by atoms with E-state index in [-0.39, 0.29) is 18.3 Å². The Morgan fingerprint density at radius 3 is 2.83 bits per heavy atom. The zero-order valence-electron chi connectivity index (χ0n) is 10.9. The molecule has 4 heteroatoms. The van der Waals surface area contributed by atoms with Crippen LogP contribution in [-0.2, 0) is 4.79 Å². The minimum Gasteiger partial charge on any atom is -0.482 e. The zero-order valence-corrected chi connectivity index (χ0v) is 10.9. The van der Waals surface area contributed by atoms with Crippen LogP contribution in [0, 0.1) is 5.92 Å². The Morgan fingerprint density at radius 2 is 2.17 bits per heavy atom. The molecule has 96 valence electrons. The fourth-order valence-corrected chi connectivity index (χ4v) is 1.93. The summed E-state index contributed by atoms with van der Waals surface area (Å²) < 4.78 is 5.32. The molecule has 1 aliphatic heterocycles. The van der Waals surface area contributed by atoms with E-state index in [0.29, 0.717) is 29.3 Å². The van der Waals surface area contributed by atoms with Crippen LogP contribution in [0.5, 0.6) is 5.75 Å². The molecule has 0 spiro atoms. The highest BCUT2D eigenvalue weighted by Crippen LogP contribution is 2.32. The van der Waals surface area contributed by atoms with E-state index in [4.69, 9.17) is 4.74 Å². The van der Waals surface area contributed by atoms with Crippen molar-refractivity contribution in [3.63, 3.8) is 0 Å². The lowest BCUT2D eigenvalue weighted by Gasteiger charge is -2.26. The molecule has 1 amide bonds. The second kappa shape index (κ2) is 4.80. The predicted octanol–water partition coefficient (Wildman–Crippen LogP) is 2.27. The van der Waals surface area contributed by atoms with Crippen molar-refractivity contribution < 1.29 is 14.3 Å². The van der Waals surface area contributed by atoms with Gasteiger partial charge in [0, 0.05) is 19.0 Å². The van der Waals surface area contributed by atoms with Gasteiger partial charge in [0.15, 0.2) is 12.4 Å². The number of hydrogen-bond acceptors (Lipinski definition) is 3. The summed E-state index contributed by atoms with van der Waals surface area (Å²) in [6, 6.07) is 5.25. The van der Waals surface area contributed by atoms with Crippen molar-refractivity contribution in [2.24, 2.45) is 5.92 Å². The maximum Gasteiger partial charge on any atom is 0.264 e. The lowest BCUT2D eigenvalue weighted by Crippen LogP contribution is -2.35. The van der Waals surface area contributed by atoms with Crippen molar-refractivity contribution in [1.29, 1.82) is 0 Å². The van der Waals surface area contributed by atoms with Crippen molar-refractivity contribution in [2.45, 2.75) is 20.3 Å². The number of likely N-dealkylation sites (N-methyl/N-ethyl adjacent to an activating group) is 1. The first-order valence-electron chi connectivity index (χ1n) is 6.05. The number of ether oxygens (including phenoxy) is 1. The number of benzene rings is 1. The summed E-state index contributed by atoms with van der Waals surface area (Å²) in [5.41, 5.74) is 1.30. The molecule has 0 aromatic heterocycles. The monoisotopic (exact) mass is 247 g/mol. The summed E-state index contributed by atoms with van der Waals surface area (Å²) in [6.45, 7) is 4.08. The first kappa shape index (κ1) is 12.6. The molecule has 0 saturated carbocycles. The number of fused-ring (bicyclic) bond motifs is 1. The Labute approximate surface area is 107 Å². The number of carbonyl (C=O) groups excluding carboxylic acids is 2. The lowest BCUT2D eigenvalue weighted by atomic mass is 10.0. The van der Waals surface area contributed by atoms with E-state index >= 15 is 0 Å². The van der Waals surface area contributed by atoms with Crippen LogP contribution in [0.2, 0.25) is 0 Å². The SMILES string of the molecule is CC(C)CC(=O)c1ccc2c(c1)N(C)C(=O)CO2. The lowest BCUT2D eigenvalue weighted by molar-refractivity contribution is -0.120. The molecule has 4 nitrogen and oxygen atoms in total. The van der Waals surface area contributed by atoms with Crippen molar-refractivity contribution in [3.05, 3.63) is 23.8 Å². The van der Waals surface area contributed by atoms with E-state index in [9.17, 15) is 9.59 Å². The Bertz CT molecular complexity index is 494. The number of amides is 1. The van der Waals surface area contributed by atoms with Gasteiger partial charge < -0.3 is 9.64 Å². The average Bonchev–Trinajstić information content (AvgIpc) is 2.33. The Hall–Kier alpha value is -1.84. The molecule has 0 fully saturated rings. The van der Waals surface area contributed by atoms with Crippen molar-refractivity contribution in [2.75, 3.05) is 18.6 Å². The smallest absolute Gasteiger partial charge is 0.264 e. The van der Waals surface area contributed by atoms with Crippen LogP contribution in [0.15, 0.2) is 18.2 Å². The fourth-order valence-electron chi connectivity index (χ4n) is 1.93. The number of carbonyl (C=O) groups is 2. The van der Waals surface area contributed by atoms with Crippen LogP contribution in [0.25, 0.3) is 0 Å². The van der Waals surface area contributed by atoms with E-state index < -0.39 is 0 Å². The Morgan fingerprint density at radius 1 is 1.44 bits per heavy atom. The summed E-state index contributed by atoms with van der Waals surface area (Å²) in [5.74, 6) is 0.970. The summed E-state index contributed by atoms with van der Waals surface area (Å²) >= 11 is 0. The van der Waals surface area contributed by atoms with Crippen LogP contribution in [-0.4, -0.2) is 25.3 Å². The van der Waals surface area contributed by atoms with Crippen LogP contribution in [0.1, 0.15) is 30.6 Å². The molecule has 1 aromatic rings. The molecule has 0 saturated heterocycles. The van der Waals surface area contributed by atoms with Crippen molar-refractivity contribution in [3.8, 4) is 5.75 Å². The van der Waals surface area contributed by atoms with Gasteiger partial charge in [0.25, 0.3) is 5.91 Å². The van der Waals surface area contributed by atoms with Gasteiger partial charge in [-0.2, -0.15) is 0 Å². The second-order valence-corrected chi connectivity index (χ2v) is 4.95. The second-order valence-electron chi connectivity index (χ2n) is 4.95. The average molecular weight is 247 g/mol. The van der Waals surface area contributed by atoms with Crippen LogP contribution >= 0.6 is 0 Å². The van der Waals surface area contributed by atoms with E-state index in [1.54, 1.807) is 25.2 Å². The first-order valence-corrected chi connectivity index (χ1v) is 6.05. The van der Waals surface area contributed by atoms with Gasteiger partial charge in [0.1, 0.15) is 5.75 Å². The van der Waals surface area contributed by atoms with Gasteiger partial charge in [-0.25, -0.2) is 0 Å². The third kappa shape index (κ3) is 2.37. The number of anilines is 1. The minimum atomic E-state index is -0.101. The van der Waals surface area contributed by atoms with Gasteiger partial charge in [0.05, 0.1) is 5.69 Å². The topological polar surface area (TPSA) is 46.6 Å². The number of Topliss-reactive ketones (excluding diaryl/α,β-unsaturated/α-hetero) is 1.